The first-order valence-electron chi connectivity index (χ1n) is 6.96. The molecule has 1 aromatic carbocycles. The Bertz CT molecular complexity index is 982. The van der Waals surface area contributed by atoms with Gasteiger partial charge in [0.05, 0.1) is 9.80 Å². The number of phenolic OH excluding ortho intramolecular Hbond substituents is 2. The number of halogens is 1. The van der Waals surface area contributed by atoms with E-state index < -0.39 is 22.1 Å². The lowest BCUT2D eigenvalue weighted by Gasteiger charge is -2.09. The van der Waals surface area contributed by atoms with Gasteiger partial charge in [0.25, 0.3) is 0 Å². The van der Waals surface area contributed by atoms with Crippen molar-refractivity contribution in [2.75, 3.05) is 0 Å². The molecule has 0 saturated heterocycles. The molecule has 0 aliphatic carbocycles. The Morgan fingerprint density at radius 2 is 1.96 bits per heavy atom. The number of aromatic hydroxyl groups is 2. The van der Waals surface area contributed by atoms with Crippen molar-refractivity contribution in [1.82, 2.24) is 14.6 Å². The van der Waals surface area contributed by atoms with E-state index in [0.29, 0.717) is 16.1 Å². The summed E-state index contributed by atoms with van der Waals surface area (Å²) in [4.78, 5) is 15.1. The van der Waals surface area contributed by atoms with Crippen LogP contribution in [0.4, 0.5) is 5.69 Å². The van der Waals surface area contributed by atoms with Gasteiger partial charge in [-0.25, -0.2) is 4.98 Å². The summed E-state index contributed by atoms with van der Waals surface area (Å²) < 4.78 is 3.90. The van der Waals surface area contributed by atoms with Crippen LogP contribution in [0, 0.1) is 24.0 Å². The lowest BCUT2D eigenvalue weighted by molar-refractivity contribution is -0.385. The van der Waals surface area contributed by atoms with Crippen LogP contribution in [0.5, 0.6) is 11.5 Å². The second-order valence-electron chi connectivity index (χ2n) is 5.32. The predicted molar refractivity (Wildman–Crippen MR) is 93.0 cm³/mol. The third kappa shape index (κ3) is 2.99. The van der Waals surface area contributed by atoms with Gasteiger partial charge >= 0.3 is 5.69 Å². The number of hydrogen-bond donors (Lipinski definition) is 2. The van der Waals surface area contributed by atoms with E-state index in [0.717, 1.165) is 28.9 Å². The molecule has 2 aromatic heterocycles. The van der Waals surface area contributed by atoms with E-state index >= 15 is 0 Å². The standard InChI is InChI=1S/C15H11ClN4O4S/c1-6-3-7(2)17-15(16)11(6)14-12(18-19-25-14)8-4-9(20(23)24)13(22)10(21)5-8/h3-5,21-22H,1-2H3. The Morgan fingerprint density at radius 3 is 2.60 bits per heavy atom. The predicted octanol–water partition coefficient (Wildman–Crippen LogP) is 3.86. The minimum atomic E-state index is -0.801. The smallest absolute Gasteiger partial charge is 0.315 e. The van der Waals surface area contributed by atoms with Gasteiger partial charge < -0.3 is 10.2 Å². The minimum absolute atomic E-state index is 0.238. The van der Waals surface area contributed by atoms with Crippen molar-refractivity contribution in [1.29, 1.82) is 0 Å². The molecular formula is C15H11ClN4O4S. The summed E-state index contributed by atoms with van der Waals surface area (Å²) in [5.41, 5.74) is 2.14. The summed E-state index contributed by atoms with van der Waals surface area (Å²) in [6.07, 6.45) is 0. The van der Waals surface area contributed by atoms with Crippen molar-refractivity contribution in [2.24, 2.45) is 0 Å². The van der Waals surface area contributed by atoms with Crippen LogP contribution in [0.3, 0.4) is 0 Å². The highest BCUT2D eigenvalue weighted by atomic mass is 35.5. The van der Waals surface area contributed by atoms with E-state index in [-0.39, 0.29) is 10.7 Å². The number of aromatic nitrogens is 3. The normalized spacial score (nSPS) is 10.8. The van der Waals surface area contributed by atoms with Crippen LogP contribution >= 0.6 is 23.1 Å². The van der Waals surface area contributed by atoms with Crippen LogP contribution in [0.2, 0.25) is 5.15 Å². The molecule has 3 aromatic rings. The first-order valence-corrected chi connectivity index (χ1v) is 8.12. The monoisotopic (exact) mass is 378 g/mol. The van der Waals surface area contributed by atoms with Gasteiger partial charge in [0.2, 0.25) is 5.75 Å². The van der Waals surface area contributed by atoms with Crippen molar-refractivity contribution < 1.29 is 15.1 Å². The van der Waals surface area contributed by atoms with Crippen LogP contribution in [-0.4, -0.2) is 29.7 Å². The average molecular weight is 379 g/mol. The second kappa shape index (κ2) is 6.26. The topological polar surface area (TPSA) is 122 Å². The summed E-state index contributed by atoms with van der Waals surface area (Å²) in [7, 11) is 0. The van der Waals surface area contributed by atoms with Crippen LogP contribution in [-0.2, 0) is 0 Å². The van der Waals surface area contributed by atoms with E-state index in [1.54, 1.807) is 0 Å². The summed E-state index contributed by atoms with van der Waals surface area (Å²) >= 11 is 7.32. The summed E-state index contributed by atoms with van der Waals surface area (Å²) in [6.45, 7) is 3.67. The Hall–Kier alpha value is -2.78. The molecule has 0 aliphatic heterocycles. The molecule has 3 rings (SSSR count). The van der Waals surface area contributed by atoms with Gasteiger partial charge in [-0.3, -0.25) is 10.1 Å². The van der Waals surface area contributed by atoms with Gasteiger partial charge in [0.1, 0.15) is 10.8 Å². The average Bonchev–Trinajstić information content (AvgIpc) is 2.97. The number of benzene rings is 1. The highest BCUT2D eigenvalue weighted by molar-refractivity contribution is 7.10. The number of nitro benzene ring substituents is 1. The van der Waals surface area contributed by atoms with E-state index in [4.69, 9.17) is 11.6 Å². The SMILES string of the molecule is Cc1cc(C)c(-c2snnc2-c2cc(O)c(O)c([N+](=O)[O-])c2)c(Cl)n1. The molecule has 0 unspecified atom stereocenters. The highest BCUT2D eigenvalue weighted by Gasteiger charge is 2.24. The lowest BCUT2D eigenvalue weighted by Crippen LogP contribution is -1.93. The maximum Gasteiger partial charge on any atom is 0.315 e. The zero-order valence-electron chi connectivity index (χ0n) is 13.0. The molecule has 0 spiro atoms. The first kappa shape index (κ1) is 17.1. The molecule has 25 heavy (non-hydrogen) atoms. The van der Waals surface area contributed by atoms with Gasteiger partial charge in [0.15, 0.2) is 5.75 Å². The van der Waals surface area contributed by atoms with Crippen molar-refractivity contribution in [3.8, 4) is 33.2 Å². The third-order valence-electron chi connectivity index (χ3n) is 3.56. The lowest BCUT2D eigenvalue weighted by atomic mass is 10.0. The van der Waals surface area contributed by atoms with E-state index in [2.05, 4.69) is 14.6 Å². The molecule has 10 heteroatoms. The number of nitrogens with zero attached hydrogens (tertiary/aromatic N) is 4. The van der Waals surface area contributed by atoms with Crippen molar-refractivity contribution in [3.05, 3.63) is 44.7 Å². The molecular weight excluding hydrogens is 368 g/mol. The number of pyridine rings is 1. The van der Waals surface area contributed by atoms with Gasteiger partial charge in [-0.05, 0) is 43.1 Å². The van der Waals surface area contributed by atoms with Crippen LogP contribution < -0.4 is 0 Å². The van der Waals surface area contributed by atoms with Crippen molar-refractivity contribution in [2.45, 2.75) is 13.8 Å². The van der Waals surface area contributed by atoms with Crippen LogP contribution in [0.1, 0.15) is 11.3 Å². The molecule has 128 valence electrons. The Kier molecular flexibility index (Phi) is 4.27. The molecule has 0 aliphatic rings. The van der Waals surface area contributed by atoms with E-state index in [1.165, 1.54) is 6.07 Å². The number of phenols is 2. The molecule has 0 saturated carbocycles. The van der Waals surface area contributed by atoms with E-state index in [1.807, 2.05) is 19.9 Å². The zero-order chi connectivity index (χ0) is 18.3. The molecule has 0 atom stereocenters. The van der Waals surface area contributed by atoms with Crippen LogP contribution in [0.25, 0.3) is 21.7 Å². The third-order valence-corrected chi connectivity index (χ3v) is 4.57. The first-order chi connectivity index (χ1) is 11.8. The zero-order valence-corrected chi connectivity index (χ0v) is 14.6. The maximum atomic E-state index is 11.1. The second-order valence-corrected chi connectivity index (χ2v) is 6.43. The van der Waals surface area contributed by atoms with Gasteiger partial charge in [0, 0.05) is 22.9 Å². The fourth-order valence-electron chi connectivity index (χ4n) is 2.49. The number of aryl methyl sites for hydroxylation is 2. The molecule has 0 fully saturated rings. The fraction of sp³-hybridized carbons (Fsp3) is 0.133. The number of nitro groups is 1. The number of rotatable bonds is 3. The van der Waals surface area contributed by atoms with Crippen molar-refractivity contribution in [3.63, 3.8) is 0 Å². The molecule has 2 heterocycles. The quantitative estimate of drug-likeness (QED) is 0.307. The Balaban J connectivity index is 2.24. The fourth-order valence-corrected chi connectivity index (χ4v) is 3.72. The van der Waals surface area contributed by atoms with Crippen LogP contribution in [0.15, 0.2) is 18.2 Å². The highest BCUT2D eigenvalue weighted by Crippen LogP contribution is 2.43. The maximum absolute atomic E-state index is 11.1. The molecule has 2 N–H and O–H groups in total. The number of hydrogen-bond acceptors (Lipinski definition) is 8. The summed E-state index contributed by atoms with van der Waals surface area (Å²) in [5, 5.41) is 34.8. The Labute approximate surface area is 150 Å². The Morgan fingerprint density at radius 1 is 1.24 bits per heavy atom. The van der Waals surface area contributed by atoms with Crippen molar-refractivity contribution >= 4 is 28.8 Å². The van der Waals surface area contributed by atoms with Gasteiger partial charge in [-0.1, -0.05) is 16.1 Å². The summed E-state index contributed by atoms with van der Waals surface area (Å²) in [6, 6.07) is 4.16. The molecule has 0 bridgehead atoms. The molecule has 8 nitrogen and oxygen atoms in total. The molecule has 0 radical (unpaired) electrons. The summed E-state index contributed by atoms with van der Waals surface area (Å²) in [5.74, 6) is -1.42. The van der Waals surface area contributed by atoms with Gasteiger partial charge in [-0.2, -0.15) is 0 Å². The minimum Gasteiger partial charge on any atom is -0.504 e. The van der Waals surface area contributed by atoms with E-state index in [9.17, 15) is 20.3 Å². The largest absolute Gasteiger partial charge is 0.504 e. The molecule has 0 amide bonds. The van der Waals surface area contributed by atoms with Gasteiger partial charge in [-0.15, -0.1) is 5.10 Å².